The first-order valence-electron chi connectivity index (χ1n) is 7.55. The van der Waals surface area contributed by atoms with Crippen molar-refractivity contribution >= 4 is 0 Å². The van der Waals surface area contributed by atoms with Gasteiger partial charge in [0.1, 0.15) is 11.8 Å². The number of rotatable bonds is 4. The first-order chi connectivity index (χ1) is 11.8. The van der Waals surface area contributed by atoms with Gasteiger partial charge >= 0.3 is 0 Å². The molecule has 3 aromatic heterocycles. The van der Waals surface area contributed by atoms with Crippen molar-refractivity contribution in [2.24, 2.45) is 0 Å². The highest BCUT2D eigenvalue weighted by Crippen LogP contribution is 2.21. The Bertz CT molecular complexity index is 844. The molecule has 3 heterocycles. The highest BCUT2D eigenvalue weighted by molar-refractivity contribution is 5.50. The molecule has 0 N–H and O–H groups in total. The van der Waals surface area contributed by atoms with E-state index in [1.54, 1.807) is 25.7 Å². The van der Waals surface area contributed by atoms with Crippen LogP contribution in [0.25, 0.3) is 11.5 Å². The Hall–Kier alpha value is -3.04. The average molecular weight is 320 g/mol. The van der Waals surface area contributed by atoms with E-state index in [9.17, 15) is 0 Å². The predicted octanol–water partition coefficient (Wildman–Crippen LogP) is 3.02. The number of ether oxygens (including phenoxy) is 1. The first-order valence-corrected chi connectivity index (χ1v) is 7.55. The predicted molar refractivity (Wildman–Crippen MR) is 87.8 cm³/mol. The number of hydrogen-bond acceptors (Lipinski definition) is 6. The largest absolute Gasteiger partial charge is 0.372 e. The Morgan fingerprint density at radius 1 is 1.12 bits per heavy atom. The number of hydrogen-bond donors (Lipinski definition) is 0. The number of methoxy groups -OCH3 is 1. The maximum Gasteiger partial charge on any atom is 0.256 e. The van der Waals surface area contributed by atoms with E-state index in [1.165, 1.54) is 0 Å². The molecular formula is C18H16N4O2. The third-order valence-electron chi connectivity index (χ3n) is 3.40. The lowest BCUT2D eigenvalue weighted by atomic mass is 10.2. The molecule has 6 nitrogen and oxygen atoms in total. The quantitative estimate of drug-likeness (QED) is 0.688. The van der Waals surface area contributed by atoms with Crippen LogP contribution >= 0.6 is 0 Å². The zero-order valence-electron chi connectivity index (χ0n) is 13.4. The number of nitrogens with zero attached hydrogens (tertiary/aromatic N) is 4. The van der Waals surface area contributed by atoms with Crippen LogP contribution in [0.4, 0.5) is 0 Å². The summed E-state index contributed by atoms with van der Waals surface area (Å²) in [6, 6.07) is 7.41. The molecule has 0 amide bonds. The van der Waals surface area contributed by atoms with Crippen LogP contribution in [0.3, 0.4) is 0 Å². The van der Waals surface area contributed by atoms with Crippen molar-refractivity contribution in [3.05, 3.63) is 59.9 Å². The third kappa shape index (κ3) is 3.65. The smallest absolute Gasteiger partial charge is 0.256 e. The molecule has 0 aromatic carbocycles. The van der Waals surface area contributed by atoms with Gasteiger partial charge in [0, 0.05) is 36.8 Å². The van der Waals surface area contributed by atoms with E-state index in [2.05, 4.69) is 31.9 Å². The summed E-state index contributed by atoms with van der Waals surface area (Å²) < 4.78 is 10.5. The zero-order chi connectivity index (χ0) is 16.8. The summed E-state index contributed by atoms with van der Waals surface area (Å²) in [6.45, 7) is 1.99. The molecule has 0 saturated carbocycles. The molecule has 1 atom stereocenters. The van der Waals surface area contributed by atoms with Gasteiger partial charge in [-0.25, -0.2) is 0 Å². The summed E-state index contributed by atoms with van der Waals surface area (Å²) in [4.78, 5) is 12.6. The molecule has 0 aliphatic carbocycles. The van der Waals surface area contributed by atoms with Crippen LogP contribution in [0.1, 0.15) is 36.5 Å². The van der Waals surface area contributed by atoms with Gasteiger partial charge in [-0.1, -0.05) is 23.9 Å². The Balaban J connectivity index is 1.77. The summed E-state index contributed by atoms with van der Waals surface area (Å²) in [5.74, 6) is 7.01. The minimum atomic E-state index is -0.197. The van der Waals surface area contributed by atoms with Crippen molar-refractivity contribution in [1.82, 2.24) is 20.1 Å². The summed E-state index contributed by atoms with van der Waals surface area (Å²) in [6.07, 6.45) is 5.67. The van der Waals surface area contributed by atoms with Gasteiger partial charge in [-0.3, -0.25) is 9.97 Å². The van der Waals surface area contributed by atoms with Crippen molar-refractivity contribution in [3.63, 3.8) is 0 Å². The minimum absolute atomic E-state index is 0.197. The maximum absolute atomic E-state index is 5.29. The van der Waals surface area contributed by atoms with E-state index in [0.717, 1.165) is 17.5 Å². The molecule has 120 valence electrons. The lowest BCUT2D eigenvalue weighted by Gasteiger charge is -2.05. The highest BCUT2D eigenvalue weighted by Gasteiger charge is 2.17. The van der Waals surface area contributed by atoms with Gasteiger partial charge in [0.05, 0.1) is 0 Å². The van der Waals surface area contributed by atoms with Crippen LogP contribution < -0.4 is 0 Å². The topological polar surface area (TPSA) is 73.9 Å². The molecule has 0 aliphatic rings. The van der Waals surface area contributed by atoms with Gasteiger partial charge in [0.25, 0.3) is 5.89 Å². The molecular weight excluding hydrogens is 304 g/mol. The van der Waals surface area contributed by atoms with Gasteiger partial charge in [0.2, 0.25) is 5.82 Å². The molecule has 3 rings (SSSR count). The van der Waals surface area contributed by atoms with Crippen LogP contribution in [0.2, 0.25) is 0 Å². The first kappa shape index (κ1) is 15.8. The van der Waals surface area contributed by atoms with Gasteiger partial charge in [-0.15, -0.1) is 0 Å². The van der Waals surface area contributed by atoms with Crippen molar-refractivity contribution in [2.45, 2.75) is 19.4 Å². The van der Waals surface area contributed by atoms with E-state index in [-0.39, 0.29) is 6.10 Å². The van der Waals surface area contributed by atoms with Crippen LogP contribution in [0, 0.1) is 11.8 Å². The summed E-state index contributed by atoms with van der Waals surface area (Å²) >= 11 is 0. The Morgan fingerprint density at radius 2 is 1.92 bits per heavy atom. The average Bonchev–Trinajstić information content (AvgIpc) is 3.12. The van der Waals surface area contributed by atoms with Crippen molar-refractivity contribution < 1.29 is 9.26 Å². The highest BCUT2D eigenvalue weighted by atomic mass is 16.5. The second-order valence-electron chi connectivity index (χ2n) is 5.01. The van der Waals surface area contributed by atoms with Crippen molar-refractivity contribution in [1.29, 1.82) is 0 Å². The SMILES string of the molecule is CCC(OC)c1nc(-c2ccc(C#Cc3ccncc3)cn2)no1. The van der Waals surface area contributed by atoms with E-state index < -0.39 is 0 Å². The zero-order valence-corrected chi connectivity index (χ0v) is 13.4. The second kappa shape index (κ2) is 7.49. The van der Waals surface area contributed by atoms with Gasteiger partial charge in [0.15, 0.2) is 0 Å². The van der Waals surface area contributed by atoms with Crippen LogP contribution in [0.5, 0.6) is 0 Å². The molecule has 0 radical (unpaired) electrons. The van der Waals surface area contributed by atoms with E-state index in [0.29, 0.717) is 17.4 Å². The fourth-order valence-electron chi connectivity index (χ4n) is 2.09. The molecule has 0 fully saturated rings. The molecule has 3 aromatic rings. The monoisotopic (exact) mass is 320 g/mol. The Labute approximate surface area is 139 Å². The molecule has 6 heteroatoms. The van der Waals surface area contributed by atoms with Gasteiger partial charge in [-0.2, -0.15) is 4.98 Å². The Morgan fingerprint density at radius 3 is 2.58 bits per heavy atom. The molecule has 0 spiro atoms. The fourth-order valence-corrected chi connectivity index (χ4v) is 2.09. The van der Waals surface area contributed by atoms with E-state index >= 15 is 0 Å². The minimum Gasteiger partial charge on any atom is -0.372 e. The van der Waals surface area contributed by atoms with E-state index in [4.69, 9.17) is 9.26 Å². The van der Waals surface area contributed by atoms with Gasteiger partial charge < -0.3 is 9.26 Å². The number of aromatic nitrogens is 4. The lowest BCUT2D eigenvalue weighted by molar-refractivity contribution is 0.0706. The molecule has 24 heavy (non-hydrogen) atoms. The number of pyridine rings is 2. The third-order valence-corrected chi connectivity index (χ3v) is 3.40. The molecule has 0 aliphatic heterocycles. The van der Waals surface area contributed by atoms with Crippen molar-refractivity contribution in [2.75, 3.05) is 7.11 Å². The van der Waals surface area contributed by atoms with E-state index in [1.807, 2.05) is 31.2 Å². The lowest BCUT2D eigenvalue weighted by Crippen LogP contribution is -1.99. The van der Waals surface area contributed by atoms with Crippen LogP contribution in [0.15, 0.2) is 47.4 Å². The Kier molecular flexibility index (Phi) is 4.94. The maximum atomic E-state index is 5.29. The fraction of sp³-hybridized carbons (Fsp3) is 0.222. The molecule has 0 bridgehead atoms. The van der Waals surface area contributed by atoms with Crippen LogP contribution in [-0.4, -0.2) is 27.2 Å². The van der Waals surface area contributed by atoms with Gasteiger partial charge in [-0.05, 0) is 30.7 Å². The van der Waals surface area contributed by atoms with Crippen molar-refractivity contribution in [3.8, 4) is 23.4 Å². The standard InChI is InChI=1S/C18H16N4O2/c1-3-16(23-2)18-21-17(22-24-18)15-7-6-14(12-20-15)5-4-13-8-10-19-11-9-13/h6-12,16H,3H2,1-2H3. The summed E-state index contributed by atoms with van der Waals surface area (Å²) in [5.41, 5.74) is 2.34. The summed E-state index contributed by atoms with van der Waals surface area (Å²) in [7, 11) is 1.62. The second-order valence-corrected chi connectivity index (χ2v) is 5.01. The molecule has 1 unspecified atom stereocenters. The normalized spacial score (nSPS) is 11.6. The molecule has 0 saturated heterocycles. The van der Waals surface area contributed by atoms with Crippen LogP contribution in [-0.2, 0) is 4.74 Å². The summed E-state index contributed by atoms with van der Waals surface area (Å²) in [5, 5.41) is 3.95.